The normalized spacial score (nSPS) is 11.4. The molecule has 66 valence electrons. The van der Waals surface area contributed by atoms with Crippen LogP contribution < -0.4 is 10.4 Å². The van der Waals surface area contributed by atoms with Gasteiger partial charge in [0, 0.05) is 0 Å². The number of nitrogens with two attached hydrogens (primary N) is 1. The molecule has 0 heterocycles. The second kappa shape index (κ2) is 3.63. The van der Waals surface area contributed by atoms with Crippen LogP contribution in [0, 0.1) is 5.21 Å². The van der Waals surface area contributed by atoms with Crippen LogP contribution >= 0.6 is 0 Å². The summed E-state index contributed by atoms with van der Waals surface area (Å²) in [6.45, 7) is 0. The fourth-order valence-corrected chi connectivity index (χ4v) is 1.51. The lowest BCUT2D eigenvalue weighted by Crippen LogP contribution is -2.88. The zero-order chi connectivity index (χ0) is 9.03. The van der Waals surface area contributed by atoms with Gasteiger partial charge in [0.1, 0.15) is 0 Å². The maximum Gasteiger partial charge on any atom is 0.282 e. The molecule has 0 spiro atoms. The lowest BCUT2D eigenvalue weighted by molar-refractivity contribution is -0.627. The quantitative estimate of drug-likeness (QED) is 0.468. The van der Waals surface area contributed by atoms with Gasteiger partial charge in [-0.05, 0) is 12.1 Å². The van der Waals surface area contributed by atoms with E-state index in [1.54, 1.807) is 23.0 Å². The molecule has 0 radical (unpaired) electrons. The van der Waals surface area contributed by atoms with Crippen LogP contribution in [0.4, 0.5) is 0 Å². The first-order chi connectivity index (χ1) is 5.67. The third kappa shape index (κ3) is 2.02. The minimum Gasteiger partial charge on any atom is -0.614 e. The summed E-state index contributed by atoms with van der Waals surface area (Å²) in [7, 11) is -3.63. The molecule has 5 nitrogen and oxygen atoms in total. The maximum absolute atomic E-state index is 11.1. The SMILES string of the molecule is O=S(=O)(N[NH2+][O-])c1ccccc1. The average molecular weight is 188 g/mol. The summed E-state index contributed by atoms with van der Waals surface area (Å²) >= 11 is 0. The van der Waals surface area contributed by atoms with Crippen molar-refractivity contribution in [2.45, 2.75) is 4.90 Å². The van der Waals surface area contributed by atoms with E-state index in [1.165, 1.54) is 12.1 Å². The second-order valence-corrected chi connectivity index (χ2v) is 3.77. The molecule has 0 atom stereocenters. The van der Waals surface area contributed by atoms with Gasteiger partial charge in [0.25, 0.3) is 10.0 Å². The van der Waals surface area contributed by atoms with Gasteiger partial charge < -0.3 is 5.21 Å². The molecule has 12 heavy (non-hydrogen) atoms. The molecule has 1 aromatic carbocycles. The van der Waals surface area contributed by atoms with Gasteiger partial charge in [-0.15, -0.1) is 0 Å². The molecule has 0 aliphatic rings. The molecule has 1 aromatic rings. The summed E-state index contributed by atoms with van der Waals surface area (Å²) < 4.78 is 22.2. The molecule has 0 aromatic heterocycles. The van der Waals surface area contributed by atoms with Crippen LogP contribution in [0.3, 0.4) is 0 Å². The lowest BCUT2D eigenvalue weighted by atomic mass is 10.4. The predicted molar refractivity (Wildman–Crippen MR) is 42.1 cm³/mol. The molecule has 0 fully saturated rings. The van der Waals surface area contributed by atoms with Crippen molar-refractivity contribution in [2.75, 3.05) is 0 Å². The van der Waals surface area contributed by atoms with Crippen molar-refractivity contribution in [2.24, 2.45) is 0 Å². The third-order valence-electron chi connectivity index (χ3n) is 1.26. The van der Waals surface area contributed by atoms with Crippen LogP contribution in [-0.4, -0.2) is 8.42 Å². The van der Waals surface area contributed by atoms with Gasteiger partial charge in [0.2, 0.25) is 0 Å². The first kappa shape index (κ1) is 9.14. The van der Waals surface area contributed by atoms with Crippen molar-refractivity contribution in [1.29, 1.82) is 0 Å². The van der Waals surface area contributed by atoms with Gasteiger partial charge >= 0.3 is 0 Å². The van der Waals surface area contributed by atoms with E-state index in [-0.39, 0.29) is 10.5 Å². The Morgan fingerprint density at radius 3 is 2.33 bits per heavy atom. The van der Waals surface area contributed by atoms with E-state index in [2.05, 4.69) is 0 Å². The molecule has 0 bridgehead atoms. The lowest BCUT2D eigenvalue weighted by Gasteiger charge is -2.04. The van der Waals surface area contributed by atoms with Gasteiger partial charge in [0.15, 0.2) is 0 Å². The van der Waals surface area contributed by atoms with E-state index in [1.807, 2.05) is 0 Å². The van der Waals surface area contributed by atoms with Crippen LogP contribution in [0.15, 0.2) is 35.2 Å². The van der Waals surface area contributed by atoms with E-state index < -0.39 is 10.0 Å². The average Bonchev–Trinajstić information content (AvgIpc) is 2.06. The highest BCUT2D eigenvalue weighted by Crippen LogP contribution is 2.04. The monoisotopic (exact) mass is 188 g/mol. The molecule has 0 unspecified atom stereocenters. The van der Waals surface area contributed by atoms with Crippen LogP contribution in [0.2, 0.25) is 0 Å². The van der Waals surface area contributed by atoms with Crippen molar-refractivity contribution in [3.63, 3.8) is 0 Å². The largest absolute Gasteiger partial charge is 0.614 e. The number of hydrogen-bond donors (Lipinski definition) is 2. The Balaban J connectivity index is 2.99. The Bertz CT molecular complexity index is 335. The first-order valence-electron chi connectivity index (χ1n) is 3.18. The Morgan fingerprint density at radius 2 is 1.83 bits per heavy atom. The first-order valence-corrected chi connectivity index (χ1v) is 4.66. The number of benzene rings is 1. The molecular weight excluding hydrogens is 180 g/mol. The standard InChI is InChI=1S/C6H8N2O3S/c9-7-8-12(10,11)6-4-2-1-3-5-6/h1-5,8H,7H2. The number of quaternary nitrogens is 1. The topological polar surface area (TPSA) is 85.8 Å². The molecule has 0 saturated carbocycles. The van der Waals surface area contributed by atoms with E-state index >= 15 is 0 Å². The van der Waals surface area contributed by atoms with Crippen molar-refractivity contribution in [3.8, 4) is 0 Å². The van der Waals surface area contributed by atoms with Crippen molar-refractivity contribution in [3.05, 3.63) is 35.5 Å². The zero-order valence-corrected chi connectivity index (χ0v) is 6.91. The van der Waals surface area contributed by atoms with Gasteiger partial charge in [-0.25, -0.2) is 8.42 Å². The summed E-state index contributed by atoms with van der Waals surface area (Å²) in [4.78, 5) is 1.81. The highest BCUT2D eigenvalue weighted by molar-refractivity contribution is 7.89. The van der Waals surface area contributed by atoms with Gasteiger partial charge in [-0.2, -0.15) is 0 Å². The molecule has 3 N–H and O–H groups in total. The van der Waals surface area contributed by atoms with Crippen molar-refractivity contribution in [1.82, 2.24) is 4.83 Å². The Labute approximate surface area is 70.0 Å². The van der Waals surface area contributed by atoms with Crippen molar-refractivity contribution < 1.29 is 14.0 Å². The number of nitrogens with one attached hydrogen (secondary N) is 1. The zero-order valence-electron chi connectivity index (χ0n) is 6.10. The summed E-state index contributed by atoms with van der Waals surface area (Å²) in [5.74, 6) is 0. The smallest absolute Gasteiger partial charge is 0.282 e. The van der Waals surface area contributed by atoms with Crippen LogP contribution in [-0.2, 0) is 10.0 Å². The fourth-order valence-electron chi connectivity index (χ4n) is 0.731. The Hall–Kier alpha value is -0.950. The summed E-state index contributed by atoms with van der Waals surface area (Å²) in [6, 6.07) is 7.68. The predicted octanol–water partition coefficient (Wildman–Crippen LogP) is -1.06. The Kier molecular flexibility index (Phi) is 2.77. The number of sulfonamides is 1. The number of hydrogen-bond acceptors (Lipinski definition) is 3. The van der Waals surface area contributed by atoms with Gasteiger partial charge in [-0.3, -0.25) is 5.59 Å². The van der Waals surface area contributed by atoms with Gasteiger partial charge in [0.05, 0.1) is 4.90 Å². The molecule has 6 heteroatoms. The molecule has 0 aliphatic carbocycles. The molecule has 0 amide bonds. The fraction of sp³-hybridized carbons (Fsp3) is 0. The van der Waals surface area contributed by atoms with E-state index in [4.69, 9.17) is 0 Å². The van der Waals surface area contributed by atoms with Gasteiger partial charge in [-0.1, -0.05) is 23.0 Å². The highest BCUT2D eigenvalue weighted by Gasteiger charge is 2.12. The highest BCUT2D eigenvalue weighted by atomic mass is 32.2. The summed E-state index contributed by atoms with van der Waals surface area (Å²) in [5, 5.41) is 9.90. The molecule has 0 aliphatic heterocycles. The molecule has 0 saturated heterocycles. The third-order valence-corrected chi connectivity index (χ3v) is 2.56. The van der Waals surface area contributed by atoms with E-state index in [0.717, 1.165) is 0 Å². The second-order valence-electron chi connectivity index (χ2n) is 2.05. The van der Waals surface area contributed by atoms with Crippen LogP contribution in [0.1, 0.15) is 0 Å². The van der Waals surface area contributed by atoms with E-state index in [0.29, 0.717) is 0 Å². The minimum absolute atomic E-state index is 0.0806. The molecular formula is C6H8N2O3S. The van der Waals surface area contributed by atoms with E-state index in [9.17, 15) is 13.6 Å². The summed E-state index contributed by atoms with van der Waals surface area (Å²) in [6.07, 6.45) is 0. The van der Waals surface area contributed by atoms with Crippen molar-refractivity contribution >= 4 is 10.0 Å². The van der Waals surface area contributed by atoms with Crippen LogP contribution in [0.5, 0.6) is 0 Å². The number of rotatable bonds is 3. The Morgan fingerprint density at radius 1 is 1.25 bits per heavy atom. The minimum atomic E-state index is -3.63. The van der Waals surface area contributed by atoms with Crippen LogP contribution in [0.25, 0.3) is 0 Å². The molecule has 1 rings (SSSR count). The summed E-state index contributed by atoms with van der Waals surface area (Å²) in [5.41, 5.74) is 0.141. The maximum atomic E-state index is 11.1.